The maximum atomic E-state index is 13.2. The highest BCUT2D eigenvalue weighted by molar-refractivity contribution is 8.00. The molecular formula is C26H25N3O4S. The van der Waals surface area contributed by atoms with E-state index in [9.17, 15) is 4.79 Å². The number of hydrogen-bond acceptors (Lipinski definition) is 6. The second kappa shape index (κ2) is 9.40. The first-order chi connectivity index (χ1) is 16.6. The van der Waals surface area contributed by atoms with Gasteiger partial charge in [-0.3, -0.25) is 4.79 Å². The number of methoxy groups -OCH3 is 2. The van der Waals surface area contributed by atoms with E-state index in [2.05, 4.69) is 9.88 Å². The van der Waals surface area contributed by atoms with E-state index in [0.717, 1.165) is 32.5 Å². The number of hydrogen-bond donors (Lipinski definition) is 1. The molecule has 0 saturated heterocycles. The van der Waals surface area contributed by atoms with Gasteiger partial charge in [-0.2, -0.15) is 0 Å². The molecule has 7 nitrogen and oxygen atoms in total. The molecule has 1 amide bonds. The van der Waals surface area contributed by atoms with Crippen molar-refractivity contribution in [2.75, 3.05) is 26.1 Å². The third-order valence-electron chi connectivity index (χ3n) is 5.75. The molecule has 34 heavy (non-hydrogen) atoms. The Bertz CT molecular complexity index is 1490. The maximum Gasteiger partial charge on any atom is 0.237 e. The van der Waals surface area contributed by atoms with E-state index in [0.29, 0.717) is 30.2 Å². The summed E-state index contributed by atoms with van der Waals surface area (Å²) in [4.78, 5) is 17.9. The number of carbonyl (C=O) groups excluding carboxylic acids is 1. The maximum absolute atomic E-state index is 13.2. The van der Waals surface area contributed by atoms with Crippen LogP contribution in [0.5, 0.6) is 5.75 Å². The van der Waals surface area contributed by atoms with Gasteiger partial charge in [0.05, 0.1) is 35.7 Å². The van der Waals surface area contributed by atoms with Crippen molar-refractivity contribution in [3.63, 3.8) is 0 Å². The Morgan fingerprint density at radius 3 is 2.71 bits per heavy atom. The summed E-state index contributed by atoms with van der Waals surface area (Å²) in [5.41, 5.74) is 3.97. The number of nitrogens with zero attached hydrogens (tertiary/aromatic N) is 2. The van der Waals surface area contributed by atoms with Crippen LogP contribution in [0.15, 0.2) is 70.2 Å². The van der Waals surface area contributed by atoms with Gasteiger partial charge in [0.1, 0.15) is 16.9 Å². The minimum atomic E-state index is -0.394. The molecule has 1 atom stereocenters. The minimum Gasteiger partial charge on any atom is -0.495 e. The van der Waals surface area contributed by atoms with Crippen LogP contribution in [0.25, 0.3) is 33.0 Å². The first-order valence-electron chi connectivity index (χ1n) is 11.0. The van der Waals surface area contributed by atoms with Crippen molar-refractivity contribution in [1.82, 2.24) is 9.55 Å². The van der Waals surface area contributed by atoms with Gasteiger partial charge in [-0.25, -0.2) is 4.98 Å². The number of furan rings is 1. The van der Waals surface area contributed by atoms with Gasteiger partial charge >= 0.3 is 0 Å². The molecule has 8 heteroatoms. The molecular weight excluding hydrogens is 450 g/mol. The Labute approximate surface area is 201 Å². The predicted molar refractivity (Wildman–Crippen MR) is 136 cm³/mol. The van der Waals surface area contributed by atoms with Gasteiger partial charge in [-0.15, -0.1) is 0 Å². The molecule has 0 unspecified atom stereocenters. The molecule has 0 radical (unpaired) electrons. The standard InChI is InChI=1S/C26H25N3O4S/c1-16(34-26-28-19-9-5-6-10-21(19)29(26)12-13-31-2)25(30)27-20-15-23-18(14-24(20)32-3)17-8-4-7-11-22(17)33-23/h4-11,14-16H,12-13H2,1-3H3,(H,27,30)/t16-/m1/s1. The van der Waals surface area contributed by atoms with Gasteiger partial charge in [0.2, 0.25) is 5.91 Å². The van der Waals surface area contributed by atoms with Gasteiger partial charge in [0, 0.05) is 30.5 Å². The number of benzene rings is 3. The molecule has 5 rings (SSSR count). The Morgan fingerprint density at radius 2 is 1.88 bits per heavy atom. The highest BCUT2D eigenvalue weighted by Gasteiger charge is 2.21. The molecule has 0 spiro atoms. The lowest BCUT2D eigenvalue weighted by Crippen LogP contribution is -2.23. The monoisotopic (exact) mass is 475 g/mol. The van der Waals surface area contributed by atoms with Crippen molar-refractivity contribution in [3.05, 3.63) is 60.7 Å². The summed E-state index contributed by atoms with van der Waals surface area (Å²) in [6, 6.07) is 19.5. The zero-order valence-electron chi connectivity index (χ0n) is 19.2. The third kappa shape index (κ3) is 4.10. The molecule has 5 aromatic rings. The van der Waals surface area contributed by atoms with Crippen molar-refractivity contribution < 1.29 is 18.7 Å². The molecule has 174 valence electrons. The Morgan fingerprint density at radius 1 is 1.09 bits per heavy atom. The van der Waals surface area contributed by atoms with Crippen LogP contribution in [0.1, 0.15) is 6.92 Å². The van der Waals surface area contributed by atoms with Crippen LogP contribution in [0.3, 0.4) is 0 Å². The van der Waals surface area contributed by atoms with E-state index in [-0.39, 0.29) is 5.91 Å². The van der Waals surface area contributed by atoms with Crippen molar-refractivity contribution in [2.24, 2.45) is 0 Å². The van der Waals surface area contributed by atoms with Gasteiger partial charge < -0.3 is 23.8 Å². The van der Waals surface area contributed by atoms with E-state index >= 15 is 0 Å². The Balaban J connectivity index is 1.41. The molecule has 0 saturated carbocycles. The van der Waals surface area contributed by atoms with Crippen LogP contribution < -0.4 is 10.1 Å². The zero-order valence-corrected chi connectivity index (χ0v) is 20.0. The van der Waals surface area contributed by atoms with Gasteiger partial charge in [-0.05, 0) is 31.2 Å². The summed E-state index contributed by atoms with van der Waals surface area (Å²) in [6.07, 6.45) is 0. The number of carbonyl (C=O) groups is 1. The SMILES string of the molecule is COCCn1c(S[C@H](C)C(=O)Nc2cc3oc4ccccc4c3cc2OC)nc2ccccc21. The van der Waals surface area contributed by atoms with Crippen molar-refractivity contribution in [1.29, 1.82) is 0 Å². The van der Waals surface area contributed by atoms with E-state index in [1.165, 1.54) is 11.8 Å². The van der Waals surface area contributed by atoms with Crippen LogP contribution in [-0.4, -0.2) is 41.5 Å². The lowest BCUT2D eigenvalue weighted by atomic mass is 10.1. The van der Waals surface area contributed by atoms with Crippen LogP contribution in [0.4, 0.5) is 5.69 Å². The van der Waals surface area contributed by atoms with Crippen molar-refractivity contribution in [3.8, 4) is 5.75 Å². The van der Waals surface area contributed by atoms with Crippen LogP contribution in [-0.2, 0) is 16.1 Å². The fourth-order valence-electron chi connectivity index (χ4n) is 4.01. The van der Waals surface area contributed by atoms with Crippen LogP contribution in [0, 0.1) is 0 Å². The normalized spacial score (nSPS) is 12.4. The fourth-order valence-corrected chi connectivity index (χ4v) is 4.96. The largest absolute Gasteiger partial charge is 0.495 e. The quantitative estimate of drug-likeness (QED) is 0.290. The molecule has 0 fully saturated rings. The first-order valence-corrected chi connectivity index (χ1v) is 11.9. The number of ether oxygens (including phenoxy) is 2. The lowest BCUT2D eigenvalue weighted by Gasteiger charge is -2.15. The molecule has 0 aliphatic carbocycles. The lowest BCUT2D eigenvalue weighted by molar-refractivity contribution is -0.115. The summed E-state index contributed by atoms with van der Waals surface area (Å²) in [7, 11) is 3.27. The number of nitrogens with one attached hydrogen (secondary N) is 1. The van der Waals surface area contributed by atoms with Crippen molar-refractivity contribution >= 4 is 56.3 Å². The van der Waals surface area contributed by atoms with Crippen molar-refractivity contribution in [2.45, 2.75) is 23.9 Å². The third-order valence-corrected chi connectivity index (χ3v) is 6.84. The zero-order chi connectivity index (χ0) is 23.7. The topological polar surface area (TPSA) is 78.5 Å². The number of thioether (sulfide) groups is 1. The van der Waals surface area contributed by atoms with E-state index in [1.54, 1.807) is 14.2 Å². The molecule has 1 N–H and O–H groups in total. The van der Waals surface area contributed by atoms with Gasteiger partial charge in [0.25, 0.3) is 0 Å². The molecule has 0 bridgehead atoms. The highest BCUT2D eigenvalue weighted by atomic mass is 32.2. The summed E-state index contributed by atoms with van der Waals surface area (Å²) in [6.45, 7) is 3.08. The Kier molecular flexibility index (Phi) is 6.17. The number of imidazole rings is 1. The second-order valence-electron chi connectivity index (χ2n) is 7.92. The molecule has 0 aliphatic rings. The number of amides is 1. The van der Waals surface area contributed by atoms with E-state index < -0.39 is 5.25 Å². The molecule has 2 heterocycles. The number of rotatable bonds is 8. The summed E-state index contributed by atoms with van der Waals surface area (Å²) in [5, 5.41) is 5.34. The van der Waals surface area contributed by atoms with Gasteiger partial charge in [0.15, 0.2) is 5.16 Å². The number of aromatic nitrogens is 2. The predicted octanol–water partition coefficient (Wildman–Crippen LogP) is 5.71. The first kappa shape index (κ1) is 22.3. The average molecular weight is 476 g/mol. The van der Waals surface area contributed by atoms with E-state index in [4.69, 9.17) is 18.9 Å². The molecule has 3 aromatic carbocycles. The number of anilines is 1. The average Bonchev–Trinajstić information content (AvgIpc) is 3.39. The minimum absolute atomic E-state index is 0.149. The fraction of sp³-hybridized carbons (Fsp3) is 0.231. The van der Waals surface area contributed by atoms with Gasteiger partial charge in [-0.1, -0.05) is 42.1 Å². The number of fused-ring (bicyclic) bond motifs is 4. The molecule has 2 aromatic heterocycles. The Hall–Kier alpha value is -3.49. The van der Waals surface area contributed by atoms with Crippen LogP contribution >= 0.6 is 11.8 Å². The summed E-state index contributed by atoms with van der Waals surface area (Å²) < 4.78 is 18.9. The van der Waals surface area contributed by atoms with E-state index in [1.807, 2.05) is 67.6 Å². The summed E-state index contributed by atoms with van der Waals surface area (Å²) in [5.74, 6) is 0.432. The smallest absolute Gasteiger partial charge is 0.237 e. The molecule has 0 aliphatic heterocycles. The van der Waals surface area contributed by atoms with Crippen LogP contribution in [0.2, 0.25) is 0 Å². The number of para-hydroxylation sites is 3. The second-order valence-corrected chi connectivity index (χ2v) is 9.23. The summed E-state index contributed by atoms with van der Waals surface area (Å²) >= 11 is 1.41. The highest BCUT2D eigenvalue weighted by Crippen LogP contribution is 2.37.